The summed E-state index contributed by atoms with van der Waals surface area (Å²) in [6, 6.07) is 12.5. The van der Waals surface area contributed by atoms with E-state index in [0.717, 1.165) is 28.9 Å². The zero-order valence-corrected chi connectivity index (χ0v) is 15.5. The molecule has 0 unspecified atom stereocenters. The van der Waals surface area contributed by atoms with E-state index in [0.29, 0.717) is 24.3 Å². The van der Waals surface area contributed by atoms with Crippen LogP contribution in [0.1, 0.15) is 35.6 Å². The highest BCUT2D eigenvalue weighted by atomic mass is 32.2. The molecule has 1 saturated carbocycles. The Kier molecular flexibility index (Phi) is 4.50. The molecule has 0 aromatic heterocycles. The van der Waals surface area contributed by atoms with Crippen LogP contribution >= 0.6 is 0 Å². The first kappa shape index (κ1) is 17.5. The lowest BCUT2D eigenvalue weighted by Crippen LogP contribution is -2.41. The zero-order chi connectivity index (χ0) is 18.3. The molecule has 4 rings (SSSR count). The smallest absolute Gasteiger partial charge is 0.241 e. The molecular formula is C20H23NO4S. The van der Waals surface area contributed by atoms with Crippen molar-refractivity contribution in [3.63, 3.8) is 0 Å². The summed E-state index contributed by atoms with van der Waals surface area (Å²) in [6.45, 7) is 2.46. The van der Waals surface area contributed by atoms with E-state index >= 15 is 0 Å². The van der Waals surface area contributed by atoms with Crippen LogP contribution in [0.2, 0.25) is 0 Å². The zero-order valence-electron chi connectivity index (χ0n) is 14.7. The van der Waals surface area contributed by atoms with Gasteiger partial charge < -0.3 is 9.84 Å². The fourth-order valence-corrected chi connectivity index (χ4v) is 5.37. The van der Waals surface area contributed by atoms with Crippen LogP contribution in [0.5, 0.6) is 5.75 Å². The molecule has 0 spiro atoms. The van der Waals surface area contributed by atoms with Crippen molar-refractivity contribution in [2.45, 2.75) is 43.2 Å². The standard InChI is InChI=1S/C20H23NO4S/c1-13-4-2-3-5-19(13)26(23,24)21-20(16-11-17(22)12-16)15-6-7-18-14(10-15)8-9-25-18/h2-7,10,16-17,20-22H,8-9,11-12H2,1H3/t16?,17?,20-/m0/s1. The van der Waals surface area contributed by atoms with Crippen molar-refractivity contribution in [1.82, 2.24) is 4.72 Å². The minimum atomic E-state index is -3.65. The number of rotatable bonds is 5. The molecule has 138 valence electrons. The molecule has 1 heterocycles. The number of aliphatic hydroxyl groups is 1. The number of aliphatic hydroxyl groups excluding tert-OH is 1. The lowest BCUT2D eigenvalue weighted by Gasteiger charge is -2.38. The Hall–Kier alpha value is -1.89. The van der Waals surface area contributed by atoms with Gasteiger partial charge in [-0.3, -0.25) is 0 Å². The summed E-state index contributed by atoms with van der Waals surface area (Å²) in [5.74, 6) is 0.965. The monoisotopic (exact) mass is 373 g/mol. The first-order valence-corrected chi connectivity index (χ1v) is 10.4. The lowest BCUT2D eigenvalue weighted by molar-refractivity contribution is 0.0280. The highest BCUT2D eigenvalue weighted by molar-refractivity contribution is 7.89. The molecule has 1 aliphatic carbocycles. The van der Waals surface area contributed by atoms with Crippen molar-refractivity contribution in [3.05, 3.63) is 59.2 Å². The van der Waals surface area contributed by atoms with Crippen molar-refractivity contribution in [1.29, 1.82) is 0 Å². The fourth-order valence-electron chi connectivity index (χ4n) is 3.83. The number of ether oxygens (including phenoxy) is 1. The number of sulfonamides is 1. The molecule has 1 fully saturated rings. The summed E-state index contributed by atoms with van der Waals surface area (Å²) < 4.78 is 34.5. The summed E-state index contributed by atoms with van der Waals surface area (Å²) in [6.07, 6.45) is 1.71. The van der Waals surface area contributed by atoms with Crippen LogP contribution in [-0.2, 0) is 16.4 Å². The van der Waals surface area contributed by atoms with E-state index in [9.17, 15) is 13.5 Å². The van der Waals surface area contributed by atoms with Crippen LogP contribution in [0.15, 0.2) is 47.4 Å². The highest BCUT2D eigenvalue weighted by Crippen LogP contribution is 2.40. The maximum absolute atomic E-state index is 13.0. The molecule has 2 aromatic rings. The summed E-state index contributed by atoms with van der Waals surface area (Å²) in [4.78, 5) is 0.300. The van der Waals surface area contributed by atoms with Crippen LogP contribution in [-0.4, -0.2) is 26.2 Å². The van der Waals surface area contributed by atoms with Crippen molar-refractivity contribution < 1.29 is 18.3 Å². The summed E-state index contributed by atoms with van der Waals surface area (Å²) in [7, 11) is -3.65. The number of nitrogens with one attached hydrogen (secondary N) is 1. The van der Waals surface area contributed by atoms with Crippen molar-refractivity contribution in [2.75, 3.05) is 6.61 Å². The molecule has 2 N–H and O–H groups in total. The van der Waals surface area contributed by atoms with E-state index in [1.807, 2.05) is 24.3 Å². The predicted molar refractivity (Wildman–Crippen MR) is 98.6 cm³/mol. The quantitative estimate of drug-likeness (QED) is 0.845. The normalized spacial score (nSPS) is 23.0. The SMILES string of the molecule is Cc1ccccc1S(=O)(=O)N[C@@H](c1ccc2c(c1)CCO2)C1CC(O)C1. The molecule has 1 aliphatic heterocycles. The molecular weight excluding hydrogens is 350 g/mol. The molecule has 5 nitrogen and oxygen atoms in total. The Morgan fingerprint density at radius 2 is 1.96 bits per heavy atom. The van der Waals surface area contributed by atoms with Crippen LogP contribution in [0, 0.1) is 12.8 Å². The van der Waals surface area contributed by atoms with Crippen molar-refractivity contribution in [2.24, 2.45) is 5.92 Å². The van der Waals surface area contributed by atoms with Crippen LogP contribution < -0.4 is 9.46 Å². The van der Waals surface area contributed by atoms with Crippen molar-refractivity contribution in [3.8, 4) is 5.75 Å². The van der Waals surface area contributed by atoms with Crippen LogP contribution in [0.3, 0.4) is 0 Å². The average Bonchev–Trinajstić information content (AvgIpc) is 3.05. The van der Waals surface area contributed by atoms with Gasteiger partial charge in [0, 0.05) is 12.5 Å². The minimum Gasteiger partial charge on any atom is -0.493 e. The molecule has 6 heteroatoms. The summed E-state index contributed by atoms with van der Waals surface area (Å²) in [5, 5.41) is 9.73. The second-order valence-electron chi connectivity index (χ2n) is 7.22. The number of hydrogen-bond acceptors (Lipinski definition) is 4. The topological polar surface area (TPSA) is 75.6 Å². The first-order chi connectivity index (χ1) is 12.4. The number of benzene rings is 2. The van der Waals surface area contributed by atoms with Gasteiger partial charge >= 0.3 is 0 Å². The van der Waals surface area contributed by atoms with E-state index in [2.05, 4.69) is 4.72 Å². The van der Waals surface area contributed by atoms with E-state index in [1.54, 1.807) is 25.1 Å². The van der Waals surface area contributed by atoms with Gasteiger partial charge in [-0.1, -0.05) is 30.3 Å². The molecule has 0 bridgehead atoms. The maximum Gasteiger partial charge on any atom is 0.241 e. The fraction of sp³-hybridized carbons (Fsp3) is 0.400. The van der Waals surface area contributed by atoms with Gasteiger partial charge in [-0.15, -0.1) is 0 Å². The second-order valence-corrected chi connectivity index (χ2v) is 8.90. The van der Waals surface area contributed by atoms with E-state index in [-0.39, 0.29) is 18.1 Å². The molecule has 2 aliphatic rings. The largest absolute Gasteiger partial charge is 0.493 e. The van der Waals surface area contributed by atoms with E-state index in [4.69, 9.17) is 4.74 Å². The minimum absolute atomic E-state index is 0.0872. The molecule has 0 amide bonds. The number of aryl methyl sites for hydroxylation is 1. The average molecular weight is 373 g/mol. The number of fused-ring (bicyclic) bond motifs is 1. The van der Waals surface area contributed by atoms with Gasteiger partial charge in [-0.05, 0) is 54.5 Å². The highest BCUT2D eigenvalue weighted by Gasteiger charge is 2.37. The maximum atomic E-state index is 13.0. The van der Waals surface area contributed by atoms with E-state index < -0.39 is 10.0 Å². The third-order valence-corrected chi connectivity index (χ3v) is 6.96. The van der Waals surface area contributed by atoms with Gasteiger partial charge in [-0.25, -0.2) is 13.1 Å². The van der Waals surface area contributed by atoms with Gasteiger partial charge in [0.1, 0.15) is 5.75 Å². The van der Waals surface area contributed by atoms with Crippen LogP contribution in [0.25, 0.3) is 0 Å². The Balaban J connectivity index is 1.67. The Morgan fingerprint density at radius 1 is 1.19 bits per heavy atom. The van der Waals surface area contributed by atoms with Crippen molar-refractivity contribution >= 4 is 10.0 Å². The van der Waals surface area contributed by atoms with Gasteiger partial charge in [0.25, 0.3) is 0 Å². The lowest BCUT2D eigenvalue weighted by atomic mass is 9.75. The van der Waals surface area contributed by atoms with E-state index in [1.165, 1.54) is 0 Å². The molecule has 2 aromatic carbocycles. The summed E-state index contributed by atoms with van der Waals surface area (Å²) in [5.41, 5.74) is 2.76. The molecule has 1 atom stereocenters. The third-order valence-electron chi connectivity index (χ3n) is 5.36. The predicted octanol–water partition coefficient (Wildman–Crippen LogP) is 2.72. The second kappa shape index (κ2) is 6.68. The Bertz CT molecular complexity index is 919. The van der Waals surface area contributed by atoms with Gasteiger partial charge in [-0.2, -0.15) is 0 Å². The number of hydrogen-bond donors (Lipinski definition) is 2. The van der Waals surface area contributed by atoms with Gasteiger partial charge in [0.05, 0.1) is 17.6 Å². The Morgan fingerprint density at radius 3 is 2.69 bits per heavy atom. The van der Waals surface area contributed by atoms with Crippen LogP contribution in [0.4, 0.5) is 0 Å². The molecule has 0 radical (unpaired) electrons. The molecule has 26 heavy (non-hydrogen) atoms. The first-order valence-electron chi connectivity index (χ1n) is 8.96. The Labute approximate surface area is 154 Å². The summed E-state index contributed by atoms with van der Waals surface area (Å²) >= 11 is 0. The van der Waals surface area contributed by atoms with Gasteiger partial charge in [0.15, 0.2) is 0 Å². The molecule has 0 saturated heterocycles. The third kappa shape index (κ3) is 3.24. The van der Waals surface area contributed by atoms with Gasteiger partial charge in [0.2, 0.25) is 10.0 Å².